The van der Waals surface area contributed by atoms with Crippen LogP contribution in [0.3, 0.4) is 0 Å². The Labute approximate surface area is 204 Å². The predicted octanol–water partition coefficient (Wildman–Crippen LogP) is 2.16. The highest BCUT2D eigenvalue weighted by molar-refractivity contribution is 6.43. The van der Waals surface area contributed by atoms with E-state index in [4.69, 9.17) is 4.74 Å². The average molecular weight is 481 g/mol. The van der Waals surface area contributed by atoms with Crippen molar-refractivity contribution in [1.82, 2.24) is 10.6 Å². The van der Waals surface area contributed by atoms with Gasteiger partial charge in [-0.3, -0.25) is 9.59 Å². The van der Waals surface area contributed by atoms with Crippen LogP contribution in [0.25, 0.3) is 6.08 Å². The van der Waals surface area contributed by atoms with Crippen LogP contribution in [0.4, 0.5) is 4.39 Å². The van der Waals surface area contributed by atoms with E-state index in [0.29, 0.717) is 5.56 Å². The van der Waals surface area contributed by atoms with Crippen molar-refractivity contribution >= 4 is 25.0 Å². The van der Waals surface area contributed by atoms with E-state index >= 15 is 0 Å². The molecule has 0 aliphatic rings. The molecule has 2 aromatic rings. The van der Waals surface area contributed by atoms with Gasteiger partial charge >= 0.3 is 7.12 Å². The summed E-state index contributed by atoms with van der Waals surface area (Å²) in [6.45, 7) is 5.17. The van der Waals surface area contributed by atoms with Gasteiger partial charge < -0.3 is 25.4 Å². The highest BCUT2D eigenvalue weighted by Gasteiger charge is 2.25. The van der Waals surface area contributed by atoms with Crippen LogP contribution in [0.2, 0.25) is 0 Å². The molecule has 0 bridgehead atoms. The number of carbonyl (C=O) groups is 2. The molecule has 2 amide bonds. The number of benzene rings is 2. The van der Waals surface area contributed by atoms with Gasteiger partial charge in [0.15, 0.2) is 11.6 Å². The van der Waals surface area contributed by atoms with Gasteiger partial charge in [-0.05, 0) is 56.5 Å². The normalized spacial score (nSPS) is 12.3. The van der Waals surface area contributed by atoms with Crippen LogP contribution in [-0.4, -0.2) is 47.1 Å². The van der Waals surface area contributed by atoms with Gasteiger partial charge in [0.1, 0.15) is 11.6 Å². The Kier molecular flexibility index (Phi) is 10.00. The fraction of sp³-hybridized carbons (Fsp3) is 0.320. The molecule has 0 unspecified atom stereocenters. The van der Waals surface area contributed by atoms with Gasteiger partial charge in [-0.2, -0.15) is 5.26 Å². The molecular weight excluding hydrogens is 452 g/mol. The average Bonchev–Trinajstić information content (AvgIpc) is 2.78. The zero-order chi connectivity index (χ0) is 26.0. The van der Waals surface area contributed by atoms with Gasteiger partial charge in [0, 0.05) is 5.54 Å². The molecule has 1 atom stereocenters. The molecule has 0 saturated carbocycles. The summed E-state index contributed by atoms with van der Waals surface area (Å²) >= 11 is 0. The van der Waals surface area contributed by atoms with Crippen molar-refractivity contribution in [2.24, 2.45) is 0 Å². The lowest BCUT2D eigenvalue weighted by molar-refractivity contribution is -0.122. The van der Waals surface area contributed by atoms with Gasteiger partial charge in [0.25, 0.3) is 5.91 Å². The molecule has 0 spiro atoms. The number of halogens is 1. The summed E-state index contributed by atoms with van der Waals surface area (Å²) in [5.41, 5.74) is 0.514. The van der Waals surface area contributed by atoms with Crippen LogP contribution in [0.1, 0.15) is 38.3 Å². The molecule has 0 saturated heterocycles. The first kappa shape index (κ1) is 27.6. The third kappa shape index (κ3) is 9.61. The number of ether oxygens (including phenoxy) is 1. The zero-order valence-electron chi connectivity index (χ0n) is 19.9. The van der Waals surface area contributed by atoms with E-state index in [1.807, 2.05) is 12.1 Å². The summed E-state index contributed by atoms with van der Waals surface area (Å²) in [5.74, 6) is -2.80. The first-order valence-electron chi connectivity index (χ1n) is 11.0. The molecule has 35 heavy (non-hydrogen) atoms. The summed E-state index contributed by atoms with van der Waals surface area (Å²) in [6, 6.07) is 14.7. The standard InChI is InChI=1S/C25H29BFN3O5/c1-25(2,3)30-24(32)19(16-28)13-18-9-10-20(27)21(14-18)35-12-11-23(31)29-22(26(33)34)15-17-7-5-4-6-8-17/h4-10,13-14,22,33-34H,11-12,15H2,1-3H3,(H,29,31)(H,30,32)/t22-/m0/s1. The van der Waals surface area contributed by atoms with Crippen LogP contribution in [0.5, 0.6) is 5.75 Å². The number of hydrogen-bond donors (Lipinski definition) is 4. The van der Waals surface area contributed by atoms with Crippen molar-refractivity contribution < 1.29 is 28.8 Å². The number of amides is 2. The smallest absolute Gasteiger partial charge is 0.475 e. The minimum atomic E-state index is -1.76. The summed E-state index contributed by atoms with van der Waals surface area (Å²) in [4.78, 5) is 24.5. The maximum atomic E-state index is 14.2. The molecule has 8 nitrogen and oxygen atoms in total. The van der Waals surface area contributed by atoms with Gasteiger partial charge in [0.05, 0.1) is 19.0 Å². The van der Waals surface area contributed by atoms with E-state index in [9.17, 15) is 29.3 Å². The third-order valence-electron chi connectivity index (χ3n) is 4.71. The van der Waals surface area contributed by atoms with Gasteiger partial charge in [-0.15, -0.1) is 0 Å². The SMILES string of the molecule is CC(C)(C)NC(=O)C(C#N)=Cc1ccc(F)c(OCCC(=O)N[C@@H](Cc2ccccc2)B(O)O)c1. The molecule has 0 radical (unpaired) electrons. The van der Waals surface area contributed by atoms with E-state index in [-0.39, 0.29) is 30.8 Å². The van der Waals surface area contributed by atoms with Gasteiger partial charge in [0.2, 0.25) is 5.91 Å². The van der Waals surface area contributed by atoms with E-state index < -0.39 is 36.2 Å². The van der Waals surface area contributed by atoms with E-state index in [1.54, 1.807) is 45.0 Å². The summed E-state index contributed by atoms with van der Waals surface area (Å²) in [7, 11) is -1.76. The molecule has 2 rings (SSSR count). The molecule has 0 aromatic heterocycles. The minimum absolute atomic E-state index is 0.149. The number of rotatable bonds is 10. The molecule has 0 aliphatic carbocycles. The highest BCUT2D eigenvalue weighted by Crippen LogP contribution is 2.21. The monoisotopic (exact) mass is 481 g/mol. The third-order valence-corrected chi connectivity index (χ3v) is 4.71. The first-order valence-corrected chi connectivity index (χ1v) is 11.0. The van der Waals surface area contributed by atoms with Crippen molar-refractivity contribution in [2.45, 2.75) is 45.1 Å². The molecule has 10 heteroatoms. The second-order valence-corrected chi connectivity index (χ2v) is 8.94. The Morgan fingerprint density at radius 3 is 2.49 bits per heavy atom. The number of carbonyl (C=O) groups excluding carboxylic acids is 2. The van der Waals surface area contributed by atoms with Crippen molar-refractivity contribution in [1.29, 1.82) is 5.26 Å². The number of nitrogens with zero attached hydrogens (tertiary/aromatic N) is 1. The summed E-state index contributed by atoms with van der Waals surface area (Å²) in [5, 5.41) is 33.7. The Hall–Kier alpha value is -3.68. The van der Waals surface area contributed by atoms with E-state index in [2.05, 4.69) is 10.6 Å². The Morgan fingerprint density at radius 1 is 1.20 bits per heavy atom. The second kappa shape index (κ2) is 12.7. The van der Waals surface area contributed by atoms with E-state index in [0.717, 1.165) is 11.6 Å². The quantitative estimate of drug-likeness (QED) is 0.234. The molecule has 184 valence electrons. The first-order chi connectivity index (χ1) is 16.5. The van der Waals surface area contributed by atoms with Gasteiger partial charge in [-0.1, -0.05) is 36.4 Å². The van der Waals surface area contributed by atoms with Crippen molar-refractivity contribution in [3.8, 4) is 11.8 Å². The van der Waals surface area contributed by atoms with Gasteiger partial charge in [-0.25, -0.2) is 4.39 Å². The lowest BCUT2D eigenvalue weighted by atomic mass is 9.76. The molecule has 0 fully saturated rings. The molecule has 2 aromatic carbocycles. The highest BCUT2D eigenvalue weighted by atomic mass is 19.1. The summed E-state index contributed by atoms with van der Waals surface area (Å²) in [6.07, 6.45) is 1.38. The van der Waals surface area contributed by atoms with Crippen LogP contribution < -0.4 is 15.4 Å². The predicted molar refractivity (Wildman–Crippen MR) is 130 cm³/mol. The van der Waals surface area contributed by atoms with Crippen LogP contribution in [0, 0.1) is 17.1 Å². The Morgan fingerprint density at radius 2 is 1.89 bits per heavy atom. The fourth-order valence-corrected chi connectivity index (χ4v) is 3.08. The Balaban J connectivity index is 1.98. The topological polar surface area (TPSA) is 132 Å². The maximum absolute atomic E-state index is 14.2. The minimum Gasteiger partial charge on any atom is -0.490 e. The number of nitriles is 1. The fourth-order valence-electron chi connectivity index (χ4n) is 3.08. The van der Waals surface area contributed by atoms with Crippen molar-refractivity contribution in [3.63, 3.8) is 0 Å². The van der Waals surface area contributed by atoms with Crippen LogP contribution in [0.15, 0.2) is 54.1 Å². The molecule has 0 aliphatic heterocycles. The molecular formula is C25H29BFN3O5. The summed E-state index contributed by atoms with van der Waals surface area (Å²) < 4.78 is 19.6. The molecule has 0 heterocycles. The van der Waals surface area contributed by atoms with Crippen LogP contribution in [-0.2, 0) is 16.0 Å². The second-order valence-electron chi connectivity index (χ2n) is 8.94. The lowest BCUT2D eigenvalue weighted by Crippen LogP contribution is -2.48. The largest absolute Gasteiger partial charge is 0.490 e. The van der Waals surface area contributed by atoms with Crippen molar-refractivity contribution in [3.05, 3.63) is 71.0 Å². The zero-order valence-corrected chi connectivity index (χ0v) is 19.9. The number of nitrogens with one attached hydrogen (secondary N) is 2. The Bertz CT molecular complexity index is 1090. The van der Waals surface area contributed by atoms with Crippen LogP contribution >= 0.6 is 0 Å². The maximum Gasteiger partial charge on any atom is 0.475 e. The van der Waals surface area contributed by atoms with Crippen molar-refractivity contribution in [2.75, 3.05) is 6.61 Å². The lowest BCUT2D eigenvalue weighted by Gasteiger charge is -2.20. The van der Waals surface area contributed by atoms with E-state index in [1.165, 1.54) is 18.2 Å². The molecule has 4 N–H and O–H groups in total. The number of hydrogen-bond acceptors (Lipinski definition) is 6.